The number of hydrazone groups is 1. The Kier molecular flexibility index (Phi) is 7.56. The van der Waals surface area contributed by atoms with Crippen LogP contribution in [-0.4, -0.2) is 16.6 Å². The van der Waals surface area contributed by atoms with Gasteiger partial charge in [0.2, 0.25) is 0 Å². The summed E-state index contributed by atoms with van der Waals surface area (Å²) >= 11 is 12.3. The molecule has 34 heavy (non-hydrogen) atoms. The Balaban J connectivity index is 1.72. The first-order valence-electron chi connectivity index (χ1n) is 10.9. The van der Waals surface area contributed by atoms with Gasteiger partial charge in [-0.15, -0.1) is 0 Å². The molecule has 0 radical (unpaired) electrons. The van der Waals surface area contributed by atoms with Crippen LogP contribution in [-0.2, 0) is 0 Å². The fraction of sp³-hybridized carbons (Fsp3) is 0.148. The second kappa shape index (κ2) is 10.8. The predicted octanol–water partition coefficient (Wildman–Crippen LogP) is 7.67. The molecule has 4 aromatic rings. The van der Waals surface area contributed by atoms with E-state index in [1.165, 1.54) is 12.1 Å². The Morgan fingerprint density at radius 3 is 2.50 bits per heavy atom. The predicted molar refractivity (Wildman–Crippen MR) is 137 cm³/mol. The molecule has 0 fully saturated rings. The van der Waals surface area contributed by atoms with Crippen molar-refractivity contribution in [3.63, 3.8) is 0 Å². The van der Waals surface area contributed by atoms with Gasteiger partial charge in [-0.25, -0.2) is 14.8 Å². The van der Waals surface area contributed by atoms with E-state index >= 15 is 0 Å². The fourth-order valence-electron chi connectivity index (χ4n) is 3.60. The molecule has 0 aliphatic carbocycles. The van der Waals surface area contributed by atoms with Crippen molar-refractivity contribution in [2.45, 2.75) is 26.2 Å². The van der Waals surface area contributed by atoms with E-state index in [4.69, 9.17) is 28.2 Å². The minimum absolute atomic E-state index is 0.319. The number of fused-ring (bicyclic) bond motifs is 1. The molecule has 0 unspecified atom stereocenters. The van der Waals surface area contributed by atoms with Gasteiger partial charge in [0, 0.05) is 10.9 Å². The molecule has 0 aliphatic rings. The standard InChI is InChI=1S/C27H22Cl2FN3O/c1-2-3-7-24(17-9-12-19(30)13-10-17)32-33-27(34)21-16-26(18-11-14-22(28)23(29)15-18)31-25-8-5-4-6-20(21)25/h4-6,8-16H,2-3,7H2,1H3,(H,33,34)/b32-24-. The van der Waals surface area contributed by atoms with Crippen LogP contribution in [0.25, 0.3) is 22.2 Å². The molecule has 0 saturated heterocycles. The van der Waals surface area contributed by atoms with E-state index in [0.29, 0.717) is 44.3 Å². The number of unbranched alkanes of at least 4 members (excludes halogenated alkanes) is 1. The molecule has 1 heterocycles. The minimum Gasteiger partial charge on any atom is -0.267 e. The molecule has 0 aliphatic heterocycles. The summed E-state index contributed by atoms with van der Waals surface area (Å²) in [5.74, 6) is -0.684. The van der Waals surface area contributed by atoms with E-state index in [9.17, 15) is 9.18 Å². The van der Waals surface area contributed by atoms with Crippen molar-refractivity contribution in [2.24, 2.45) is 5.10 Å². The van der Waals surface area contributed by atoms with E-state index in [1.807, 2.05) is 30.3 Å². The second-order valence-corrected chi connectivity index (χ2v) is 8.63. The van der Waals surface area contributed by atoms with Crippen LogP contribution in [0, 0.1) is 5.82 Å². The molecule has 4 nitrogen and oxygen atoms in total. The number of para-hydroxylation sites is 1. The summed E-state index contributed by atoms with van der Waals surface area (Å²) in [6.45, 7) is 2.08. The molecule has 0 atom stereocenters. The number of nitrogens with one attached hydrogen (secondary N) is 1. The van der Waals surface area contributed by atoms with E-state index < -0.39 is 0 Å². The van der Waals surface area contributed by atoms with Crippen LogP contribution < -0.4 is 5.43 Å². The van der Waals surface area contributed by atoms with Gasteiger partial charge in [-0.2, -0.15) is 5.10 Å². The van der Waals surface area contributed by atoms with Gasteiger partial charge in [0.05, 0.1) is 32.5 Å². The first-order valence-corrected chi connectivity index (χ1v) is 11.7. The number of carbonyl (C=O) groups is 1. The maximum absolute atomic E-state index is 13.4. The molecule has 172 valence electrons. The van der Waals surface area contributed by atoms with Crippen LogP contribution >= 0.6 is 23.2 Å². The Bertz CT molecular complexity index is 1370. The quantitative estimate of drug-likeness (QED) is 0.212. The van der Waals surface area contributed by atoms with Crippen molar-refractivity contribution in [2.75, 3.05) is 0 Å². The number of halogens is 3. The SMILES string of the molecule is CCCC/C(=N/NC(=O)c1cc(-c2ccc(Cl)c(Cl)c2)nc2ccccc12)c1ccc(F)cc1. The molecule has 0 spiro atoms. The highest BCUT2D eigenvalue weighted by Crippen LogP contribution is 2.30. The lowest BCUT2D eigenvalue weighted by Gasteiger charge is -2.11. The van der Waals surface area contributed by atoms with Crippen molar-refractivity contribution in [3.8, 4) is 11.3 Å². The Hall–Kier alpha value is -3.28. The molecule has 0 bridgehead atoms. The number of hydrogen-bond donors (Lipinski definition) is 1. The van der Waals surface area contributed by atoms with Gasteiger partial charge in [-0.05, 0) is 54.8 Å². The molecule has 4 rings (SSSR count). The number of benzene rings is 3. The molecule has 1 amide bonds. The molecular formula is C27H22Cl2FN3O. The van der Waals surface area contributed by atoms with Crippen LogP contribution in [0.2, 0.25) is 10.0 Å². The Labute approximate surface area is 207 Å². The lowest BCUT2D eigenvalue weighted by molar-refractivity contribution is 0.0956. The summed E-state index contributed by atoms with van der Waals surface area (Å²) in [5, 5.41) is 5.96. The molecule has 7 heteroatoms. The zero-order valence-corrected chi connectivity index (χ0v) is 20.0. The van der Waals surface area contributed by atoms with Crippen molar-refractivity contribution >= 4 is 45.7 Å². The van der Waals surface area contributed by atoms with Gasteiger partial charge in [-0.3, -0.25) is 4.79 Å². The maximum atomic E-state index is 13.4. The van der Waals surface area contributed by atoms with E-state index in [1.54, 1.807) is 30.3 Å². The molecule has 3 aromatic carbocycles. The summed E-state index contributed by atoms with van der Waals surface area (Å²) in [6, 6.07) is 20.5. The van der Waals surface area contributed by atoms with Crippen LogP contribution in [0.5, 0.6) is 0 Å². The van der Waals surface area contributed by atoms with E-state index in [-0.39, 0.29) is 11.7 Å². The average Bonchev–Trinajstić information content (AvgIpc) is 2.85. The number of aromatic nitrogens is 1. The lowest BCUT2D eigenvalue weighted by Crippen LogP contribution is -2.21. The minimum atomic E-state index is -0.365. The molecule has 1 N–H and O–H groups in total. The smallest absolute Gasteiger partial charge is 0.267 e. The lowest BCUT2D eigenvalue weighted by atomic mass is 10.0. The van der Waals surface area contributed by atoms with Crippen molar-refractivity contribution < 1.29 is 9.18 Å². The highest BCUT2D eigenvalue weighted by atomic mass is 35.5. The summed E-state index contributed by atoms with van der Waals surface area (Å²) in [5.41, 5.74) is 6.60. The third-order valence-electron chi connectivity index (χ3n) is 5.41. The van der Waals surface area contributed by atoms with Gasteiger partial charge in [0.15, 0.2) is 0 Å². The van der Waals surface area contributed by atoms with Crippen LogP contribution in [0.1, 0.15) is 42.1 Å². The van der Waals surface area contributed by atoms with E-state index in [0.717, 1.165) is 24.0 Å². The number of pyridine rings is 1. The normalized spacial score (nSPS) is 11.6. The number of rotatable bonds is 7. The Morgan fingerprint density at radius 1 is 1.00 bits per heavy atom. The van der Waals surface area contributed by atoms with Crippen LogP contribution in [0.3, 0.4) is 0 Å². The average molecular weight is 494 g/mol. The van der Waals surface area contributed by atoms with E-state index in [2.05, 4.69) is 17.5 Å². The fourth-order valence-corrected chi connectivity index (χ4v) is 3.89. The summed E-state index contributed by atoms with van der Waals surface area (Å²) in [4.78, 5) is 18.0. The van der Waals surface area contributed by atoms with Gasteiger partial charge < -0.3 is 0 Å². The number of hydrogen-bond acceptors (Lipinski definition) is 3. The summed E-state index contributed by atoms with van der Waals surface area (Å²) in [7, 11) is 0. The second-order valence-electron chi connectivity index (χ2n) is 7.81. The van der Waals surface area contributed by atoms with Crippen molar-refractivity contribution in [1.82, 2.24) is 10.4 Å². The molecule has 0 saturated carbocycles. The first kappa shape index (κ1) is 23.9. The monoisotopic (exact) mass is 493 g/mol. The Morgan fingerprint density at radius 2 is 1.76 bits per heavy atom. The highest BCUT2D eigenvalue weighted by Gasteiger charge is 2.15. The molecule has 1 aromatic heterocycles. The third kappa shape index (κ3) is 5.44. The zero-order chi connectivity index (χ0) is 24.1. The number of carbonyl (C=O) groups excluding carboxylic acids is 1. The topological polar surface area (TPSA) is 54.4 Å². The van der Waals surface area contributed by atoms with Gasteiger partial charge in [-0.1, -0.05) is 72.9 Å². The largest absolute Gasteiger partial charge is 0.272 e. The zero-order valence-electron chi connectivity index (χ0n) is 18.5. The summed E-state index contributed by atoms with van der Waals surface area (Å²) in [6.07, 6.45) is 2.52. The maximum Gasteiger partial charge on any atom is 0.272 e. The van der Waals surface area contributed by atoms with Gasteiger partial charge in [0.1, 0.15) is 5.82 Å². The highest BCUT2D eigenvalue weighted by molar-refractivity contribution is 6.42. The number of amides is 1. The number of nitrogens with zero attached hydrogens (tertiary/aromatic N) is 2. The van der Waals surface area contributed by atoms with Crippen LogP contribution in [0.4, 0.5) is 4.39 Å². The van der Waals surface area contributed by atoms with Gasteiger partial charge >= 0.3 is 0 Å². The summed E-state index contributed by atoms with van der Waals surface area (Å²) < 4.78 is 13.4. The van der Waals surface area contributed by atoms with Gasteiger partial charge in [0.25, 0.3) is 5.91 Å². The van der Waals surface area contributed by atoms with Crippen molar-refractivity contribution in [3.05, 3.63) is 99.8 Å². The van der Waals surface area contributed by atoms with Crippen LogP contribution in [0.15, 0.2) is 77.9 Å². The van der Waals surface area contributed by atoms with Crippen molar-refractivity contribution in [1.29, 1.82) is 0 Å². The molecular weight excluding hydrogens is 472 g/mol. The first-order chi connectivity index (χ1) is 16.5. The third-order valence-corrected chi connectivity index (χ3v) is 6.15.